The molecule has 0 aliphatic rings. The maximum atomic E-state index is 4.36. The maximum absolute atomic E-state index is 4.36. The van der Waals surface area contributed by atoms with E-state index in [1.807, 2.05) is 20.0 Å². The van der Waals surface area contributed by atoms with Gasteiger partial charge in [0.15, 0.2) is 0 Å². The minimum absolute atomic E-state index is 0.0820. The SMILES string of the molecule is CNc1nc(C)cc(NCC(C)(C)N(C)C)n1. The number of aromatic nitrogens is 2. The minimum atomic E-state index is 0.0820. The van der Waals surface area contributed by atoms with Crippen molar-refractivity contribution in [3.63, 3.8) is 0 Å². The lowest BCUT2D eigenvalue weighted by Crippen LogP contribution is -2.44. The molecule has 0 unspecified atom stereocenters. The molecule has 0 saturated carbocycles. The molecule has 1 aromatic heterocycles. The lowest BCUT2D eigenvalue weighted by Gasteiger charge is -2.32. The maximum Gasteiger partial charge on any atom is 0.224 e. The Labute approximate surface area is 104 Å². The summed E-state index contributed by atoms with van der Waals surface area (Å²) in [6.07, 6.45) is 0. The largest absolute Gasteiger partial charge is 0.368 e. The Hall–Kier alpha value is -1.36. The Morgan fingerprint density at radius 1 is 1.29 bits per heavy atom. The van der Waals surface area contributed by atoms with Gasteiger partial charge in [-0.05, 0) is 34.9 Å². The van der Waals surface area contributed by atoms with E-state index in [-0.39, 0.29) is 5.54 Å². The van der Waals surface area contributed by atoms with E-state index in [1.54, 1.807) is 0 Å². The molecule has 0 aromatic carbocycles. The Morgan fingerprint density at radius 2 is 1.94 bits per heavy atom. The second kappa shape index (κ2) is 5.31. The van der Waals surface area contributed by atoms with Crippen molar-refractivity contribution in [3.05, 3.63) is 11.8 Å². The van der Waals surface area contributed by atoms with Gasteiger partial charge in [0.05, 0.1) is 0 Å². The van der Waals surface area contributed by atoms with Crippen molar-refractivity contribution >= 4 is 11.8 Å². The van der Waals surface area contributed by atoms with Crippen LogP contribution in [-0.4, -0.2) is 48.1 Å². The van der Waals surface area contributed by atoms with Crippen molar-refractivity contribution in [1.82, 2.24) is 14.9 Å². The molecular weight excluding hydrogens is 214 g/mol. The van der Waals surface area contributed by atoms with E-state index in [0.29, 0.717) is 5.95 Å². The van der Waals surface area contributed by atoms with Gasteiger partial charge < -0.3 is 15.5 Å². The molecule has 0 amide bonds. The molecule has 0 fully saturated rings. The summed E-state index contributed by atoms with van der Waals surface area (Å²) in [7, 11) is 5.97. The summed E-state index contributed by atoms with van der Waals surface area (Å²) >= 11 is 0. The zero-order valence-electron chi connectivity index (χ0n) is 11.6. The van der Waals surface area contributed by atoms with Gasteiger partial charge in [-0.15, -0.1) is 0 Å². The van der Waals surface area contributed by atoms with Crippen molar-refractivity contribution in [1.29, 1.82) is 0 Å². The minimum Gasteiger partial charge on any atom is -0.368 e. The molecule has 0 atom stereocenters. The third-order valence-electron chi connectivity index (χ3n) is 2.99. The van der Waals surface area contributed by atoms with E-state index in [1.165, 1.54) is 0 Å². The van der Waals surface area contributed by atoms with Gasteiger partial charge >= 0.3 is 0 Å². The summed E-state index contributed by atoms with van der Waals surface area (Å²) in [6, 6.07) is 1.95. The smallest absolute Gasteiger partial charge is 0.224 e. The molecule has 1 aromatic rings. The highest BCUT2D eigenvalue weighted by Gasteiger charge is 2.20. The van der Waals surface area contributed by atoms with Gasteiger partial charge in [0.25, 0.3) is 0 Å². The first-order valence-corrected chi connectivity index (χ1v) is 5.80. The van der Waals surface area contributed by atoms with E-state index in [2.05, 4.69) is 53.4 Å². The summed E-state index contributed by atoms with van der Waals surface area (Å²) in [6.45, 7) is 7.17. The first-order chi connectivity index (χ1) is 7.85. The first kappa shape index (κ1) is 13.7. The number of aryl methyl sites for hydroxylation is 1. The van der Waals surface area contributed by atoms with Crippen molar-refractivity contribution < 1.29 is 0 Å². The van der Waals surface area contributed by atoms with Crippen LogP contribution >= 0.6 is 0 Å². The van der Waals surface area contributed by atoms with Crippen molar-refractivity contribution in [3.8, 4) is 0 Å². The van der Waals surface area contributed by atoms with Crippen molar-refractivity contribution in [2.45, 2.75) is 26.3 Å². The molecular formula is C12H23N5. The fourth-order valence-corrected chi connectivity index (χ4v) is 1.24. The highest BCUT2D eigenvalue weighted by Crippen LogP contribution is 2.13. The summed E-state index contributed by atoms with van der Waals surface area (Å²) < 4.78 is 0. The third-order valence-corrected chi connectivity index (χ3v) is 2.99. The van der Waals surface area contributed by atoms with Gasteiger partial charge in [0, 0.05) is 30.9 Å². The lowest BCUT2D eigenvalue weighted by atomic mass is 10.0. The summed E-state index contributed by atoms with van der Waals surface area (Å²) in [4.78, 5) is 10.8. The van der Waals surface area contributed by atoms with Crippen LogP contribution in [0.4, 0.5) is 11.8 Å². The highest BCUT2D eigenvalue weighted by molar-refractivity contribution is 5.42. The second-order valence-electron chi connectivity index (χ2n) is 5.03. The topological polar surface area (TPSA) is 53.1 Å². The van der Waals surface area contributed by atoms with Crippen LogP contribution in [0.5, 0.6) is 0 Å². The highest BCUT2D eigenvalue weighted by atomic mass is 15.2. The van der Waals surface area contributed by atoms with Gasteiger partial charge in [-0.3, -0.25) is 0 Å². The average molecular weight is 237 g/mol. The zero-order valence-corrected chi connectivity index (χ0v) is 11.6. The van der Waals surface area contributed by atoms with E-state index >= 15 is 0 Å². The number of nitrogens with zero attached hydrogens (tertiary/aromatic N) is 3. The number of likely N-dealkylation sites (N-methyl/N-ethyl adjacent to an activating group) is 1. The summed E-state index contributed by atoms with van der Waals surface area (Å²) in [5.74, 6) is 1.51. The van der Waals surface area contributed by atoms with Crippen molar-refractivity contribution in [2.75, 3.05) is 38.3 Å². The molecule has 2 N–H and O–H groups in total. The molecule has 1 heterocycles. The van der Waals surface area contributed by atoms with Gasteiger partial charge in [-0.25, -0.2) is 4.98 Å². The standard InChI is InChI=1S/C12H23N5/c1-9-7-10(16-11(13-4)15-9)14-8-12(2,3)17(5)6/h7H,8H2,1-6H3,(H2,13,14,15,16). The van der Waals surface area contributed by atoms with E-state index in [4.69, 9.17) is 0 Å². The van der Waals surface area contributed by atoms with Gasteiger partial charge in [0.2, 0.25) is 5.95 Å². The first-order valence-electron chi connectivity index (χ1n) is 5.80. The summed E-state index contributed by atoms with van der Waals surface area (Å²) in [5.41, 5.74) is 1.04. The van der Waals surface area contributed by atoms with Crippen LogP contribution in [0.15, 0.2) is 6.07 Å². The Kier molecular flexibility index (Phi) is 4.28. The van der Waals surface area contributed by atoms with E-state index in [9.17, 15) is 0 Å². The zero-order chi connectivity index (χ0) is 13.1. The quantitative estimate of drug-likeness (QED) is 0.814. The predicted molar refractivity (Wildman–Crippen MR) is 72.6 cm³/mol. The molecule has 0 spiro atoms. The molecule has 5 heteroatoms. The molecule has 5 nitrogen and oxygen atoms in total. The molecule has 0 aliphatic carbocycles. The lowest BCUT2D eigenvalue weighted by molar-refractivity contribution is 0.210. The molecule has 0 aliphatic heterocycles. The number of hydrogen-bond acceptors (Lipinski definition) is 5. The Morgan fingerprint density at radius 3 is 2.47 bits per heavy atom. The van der Waals surface area contributed by atoms with Crippen LogP contribution in [0.25, 0.3) is 0 Å². The molecule has 1 rings (SSSR count). The van der Waals surface area contributed by atoms with Crippen LogP contribution in [-0.2, 0) is 0 Å². The molecule has 0 saturated heterocycles. The van der Waals surface area contributed by atoms with Crippen LogP contribution in [0.3, 0.4) is 0 Å². The summed E-state index contributed by atoms with van der Waals surface area (Å²) in [5, 5.41) is 6.30. The molecule has 0 radical (unpaired) electrons. The number of anilines is 2. The van der Waals surface area contributed by atoms with Crippen molar-refractivity contribution in [2.24, 2.45) is 0 Å². The normalized spacial score (nSPS) is 11.7. The second-order valence-corrected chi connectivity index (χ2v) is 5.03. The molecule has 17 heavy (non-hydrogen) atoms. The van der Waals surface area contributed by atoms with Crippen LogP contribution in [0, 0.1) is 6.92 Å². The van der Waals surface area contributed by atoms with Gasteiger partial charge in [-0.1, -0.05) is 0 Å². The Bertz CT molecular complexity index is 373. The molecule has 0 bridgehead atoms. The fraction of sp³-hybridized carbons (Fsp3) is 0.667. The number of hydrogen-bond donors (Lipinski definition) is 2. The van der Waals surface area contributed by atoms with E-state index < -0.39 is 0 Å². The van der Waals surface area contributed by atoms with Gasteiger partial charge in [0.1, 0.15) is 5.82 Å². The monoisotopic (exact) mass is 237 g/mol. The van der Waals surface area contributed by atoms with E-state index in [0.717, 1.165) is 18.1 Å². The predicted octanol–water partition coefficient (Wildman–Crippen LogP) is 1.58. The van der Waals surface area contributed by atoms with Gasteiger partial charge in [-0.2, -0.15) is 4.98 Å². The molecule has 96 valence electrons. The fourth-order valence-electron chi connectivity index (χ4n) is 1.24. The van der Waals surface area contributed by atoms with Crippen LogP contribution in [0.2, 0.25) is 0 Å². The third kappa shape index (κ3) is 3.85. The Balaban J connectivity index is 2.72. The number of nitrogens with one attached hydrogen (secondary N) is 2. The number of rotatable bonds is 5. The van der Waals surface area contributed by atoms with Crippen LogP contribution in [0.1, 0.15) is 19.5 Å². The van der Waals surface area contributed by atoms with Crippen LogP contribution < -0.4 is 10.6 Å². The average Bonchev–Trinajstić information content (AvgIpc) is 2.25.